The highest BCUT2D eigenvalue weighted by Gasteiger charge is 2.46. The first-order valence-electron chi connectivity index (χ1n) is 10.6. The van der Waals surface area contributed by atoms with Crippen molar-refractivity contribution >= 4 is 17.5 Å². The third-order valence-electron chi connectivity index (χ3n) is 5.71. The van der Waals surface area contributed by atoms with Gasteiger partial charge in [0, 0.05) is 43.2 Å². The largest absolute Gasteiger partial charge is 0.487 e. The molecule has 2 aliphatic rings. The molecule has 9 heteroatoms. The minimum absolute atomic E-state index is 0.0310. The molecule has 2 aliphatic heterocycles. The van der Waals surface area contributed by atoms with Gasteiger partial charge in [-0.1, -0.05) is 0 Å². The summed E-state index contributed by atoms with van der Waals surface area (Å²) < 4.78 is 16.9. The molecule has 3 N–H and O–H groups in total. The van der Waals surface area contributed by atoms with Crippen molar-refractivity contribution in [3.63, 3.8) is 0 Å². The number of aliphatic hydroxyl groups excluding tert-OH is 1. The van der Waals surface area contributed by atoms with Crippen molar-refractivity contribution in [3.8, 4) is 5.75 Å². The Bertz CT molecular complexity index is 954. The van der Waals surface area contributed by atoms with Gasteiger partial charge < -0.3 is 30.0 Å². The molecule has 32 heavy (non-hydrogen) atoms. The maximum atomic E-state index is 12.5. The van der Waals surface area contributed by atoms with Gasteiger partial charge in [-0.3, -0.25) is 14.6 Å². The molecule has 0 unspecified atom stereocenters. The number of fused-ring (bicyclic) bond motifs is 3. The van der Waals surface area contributed by atoms with Crippen LogP contribution < -0.4 is 15.4 Å². The maximum absolute atomic E-state index is 12.5. The van der Waals surface area contributed by atoms with E-state index in [2.05, 4.69) is 15.6 Å². The van der Waals surface area contributed by atoms with Gasteiger partial charge >= 0.3 is 0 Å². The Morgan fingerprint density at radius 2 is 2.03 bits per heavy atom. The van der Waals surface area contributed by atoms with Crippen LogP contribution >= 0.6 is 0 Å². The van der Waals surface area contributed by atoms with E-state index in [1.807, 2.05) is 18.2 Å². The summed E-state index contributed by atoms with van der Waals surface area (Å²) >= 11 is 0. The average molecular weight is 441 g/mol. The quantitative estimate of drug-likeness (QED) is 0.566. The Labute approximate surface area is 186 Å². The SMILES string of the molecule is COCC(=O)Nc1ccc2c(c1)[C@@H]1C[C@H](CC(=O)NCc3ccncc3)O[C@@H](CO)[C@@H]1O2. The zero-order chi connectivity index (χ0) is 22.5. The van der Waals surface area contributed by atoms with E-state index in [1.54, 1.807) is 24.5 Å². The van der Waals surface area contributed by atoms with Gasteiger partial charge in [-0.15, -0.1) is 0 Å². The van der Waals surface area contributed by atoms with E-state index >= 15 is 0 Å². The molecule has 9 nitrogen and oxygen atoms in total. The molecule has 0 aliphatic carbocycles. The first-order valence-corrected chi connectivity index (χ1v) is 10.6. The van der Waals surface area contributed by atoms with Gasteiger partial charge in [-0.2, -0.15) is 0 Å². The van der Waals surface area contributed by atoms with Gasteiger partial charge in [-0.25, -0.2) is 0 Å². The van der Waals surface area contributed by atoms with Crippen LogP contribution in [-0.2, 0) is 25.6 Å². The molecule has 1 aromatic heterocycles. The molecule has 0 bridgehead atoms. The molecule has 2 aromatic rings. The van der Waals surface area contributed by atoms with E-state index in [-0.39, 0.29) is 49.6 Å². The number of ether oxygens (including phenoxy) is 3. The van der Waals surface area contributed by atoms with Crippen molar-refractivity contribution in [1.29, 1.82) is 0 Å². The summed E-state index contributed by atoms with van der Waals surface area (Å²) in [5, 5.41) is 15.6. The second-order valence-electron chi connectivity index (χ2n) is 7.97. The van der Waals surface area contributed by atoms with E-state index in [4.69, 9.17) is 14.2 Å². The molecule has 1 fully saturated rings. The Hall–Kier alpha value is -3.01. The number of aromatic nitrogens is 1. The lowest BCUT2D eigenvalue weighted by Gasteiger charge is -2.37. The summed E-state index contributed by atoms with van der Waals surface area (Å²) in [4.78, 5) is 28.3. The van der Waals surface area contributed by atoms with Gasteiger partial charge in [-0.05, 0) is 42.3 Å². The van der Waals surface area contributed by atoms with E-state index in [1.165, 1.54) is 7.11 Å². The van der Waals surface area contributed by atoms with Crippen LogP contribution in [0.1, 0.15) is 29.9 Å². The molecule has 1 aromatic carbocycles. The van der Waals surface area contributed by atoms with Crippen LogP contribution in [0.5, 0.6) is 5.75 Å². The van der Waals surface area contributed by atoms with Gasteiger partial charge in [0.15, 0.2) is 0 Å². The van der Waals surface area contributed by atoms with Gasteiger partial charge in [0.2, 0.25) is 11.8 Å². The van der Waals surface area contributed by atoms with Gasteiger partial charge in [0.1, 0.15) is 24.6 Å². The number of aliphatic hydroxyl groups is 1. The fraction of sp³-hybridized carbons (Fsp3) is 0.435. The number of anilines is 1. The number of nitrogens with zero attached hydrogens (tertiary/aromatic N) is 1. The molecule has 0 spiro atoms. The minimum Gasteiger partial charge on any atom is -0.487 e. The number of nitrogens with one attached hydrogen (secondary N) is 2. The number of pyridine rings is 1. The zero-order valence-electron chi connectivity index (χ0n) is 17.8. The molecular formula is C23H27N3O6. The van der Waals surface area contributed by atoms with Crippen LogP contribution in [0.2, 0.25) is 0 Å². The Balaban J connectivity index is 1.42. The lowest BCUT2D eigenvalue weighted by Crippen LogP contribution is -2.47. The molecular weight excluding hydrogens is 414 g/mol. The zero-order valence-corrected chi connectivity index (χ0v) is 17.8. The van der Waals surface area contributed by atoms with Crippen molar-refractivity contribution in [2.75, 3.05) is 25.6 Å². The highest BCUT2D eigenvalue weighted by atomic mass is 16.6. The van der Waals surface area contributed by atoms with Crippen molar-refractivity contribution in [2.24, 2.45) is 0 Å². The van der Waals surface area contributed by atoms with Gasteiger partial charge in [0.25, 0.3) is 0 Å². The standard InChI is InChI=1S/C23H27N3O6/c1-30-13-22(29)26-15-2-3-19-17(8-15)18-9-16(31-20(12-27)23(18)32-19)10-21(28)25-11-14-4-6-24-7-5-14/h2-8,16,18,20,23,27H,9-13H2,1H3,(H,25,28)(H,26,29)/t16-,18+,20+,23-/m1/s1. The molecule has 1 saturated heterocycles. The smallest absolute Gasteiger partial charge is 0.250 e. The van der Waals surface area contributed by atoms with E-state index < -0.39 is 6.10 Å². The molecule has 2 amide bonds. The summed E-state index contributed by atoms with van der Waals surface area (Å²) in [6.45, 7) is 0.179. The number of amides is 2. The Morgan fingerprint density at radius 1 is 1.22 bits per heavy atom. The number of hydrogen-bond acceptors (Lipinski definition) is 7. The topological polar surface area (TPSA) is 119 Å². The lowest BCUT2D eigenvalue weighted by atomic mass is 9.84. The average Bonchev–Trinajstić information content (AvgIpc) is 3.16. The summed E-state index contributed by atoms with van der Waals surface area (Å²) in [7, 11) is 1.46. The summed E-state index contributed by atoms with van der Waals surface area (Å²) in [6, 6.07) is 9.15. The fourth-order valence-corrected chi connectivity index (χ4v) is 4.28. The summed E-state index contributed by atoms with van der Waals surface area (Å²) in [5.41, 5.74) is 2.55. The second kappa shape index (κ2) is 10.1. The molecule has 4 rings (SSSR count). The van der Waals surface area contributed by atoms with Crippen LogP contribution in [-0.4, -0.2) is 60.5 Å². The van der Waals surface area contributed by atoms with E-state index in [0.29, 0.717) is 24.4 Å². The molecule has 0 saturated carbocycles. The number of hydrogen-bond donors (Lipinski definition) is 3. The lowest BCUT2D eigenvalue weighted by molar-refractivity contribution is -0.142. The van der Waals surface area contributed by atoms with Crippen LogP contribution in [0.4, 0.5) is 5.69 Å². The van der Waals surface area contributed by atoms with Crippen LogP contribution in [0.15, 0.2) is 42.7 Å². The minimum atomic E-state index is -0.536. The number of carbonyl (C=O) groups excluding carboxylic acids is 2. The fourth-order valence-electron chi connectivity index (χ4n) is 4.28. The molecule has 170 valence electrons. The van der Waals surface area contributed by atoms with Crippen molar-refractivity contribution in [2.45, 2.75) is 43.6 Å². The normalized spacial score (nSPS) is 23.6. The van der Waals surface area contributed by atoms with Crippen LogP contribution in [0.3, 0.4) is 0 Å². The molecule has 4 atom stereocenters. The third-order valence-corrected chi connectivity index (χ3v) is 5.71. The maximum Gasteiger partial charge on any atom is 0.250 e. The predicted octanol–water partition coefficient (Wildman–Crippen LogP) is 1.37. The summed E-state index contributed by atoms with van der Waals surface area (Å²) in [6.07, 6.45) is 2.90. The number of carbonyl (C=O) groups is 2. The highest BCUT2D eigenvalue weighted by Crippen LogP contribution is 2.47. The van der Waals surface area contributed by atoms with Crippen molar-refractivity contribution < 1.29 is 28.9 Å². The van der Waals surface area contributed by atoms with Gasteiger partial charge in [0.05, 0.1) is 19.1 Å². The van der Waals surface area contributed by atoms with Crippen molar-refractivity contribution in [3.05, 3.63) is 53.9 Å². The van der Waals surface area contributed by atoms with E-state index in [9.17, 15) is 14.7 Å². The number of methoxy groups -OCH3 is 1. The predicted molar refractivity (Wildman–Crippen MR) is 115 cm³/mol. The number of benzene rings is 1. The third kappa shape index (κ3) is 5.07. The van der Waals surface area contributed by atoms with Crippen LogP contribution in [0.25, 0.3) is 0 Å². The molecule has 3 heterocycles. The second-order valence-corrected chi connectivity index (χ2v) is 7.97. The molecule has 0 radical (unpaired) electrons. The summed E-state index contributed by atoms with van der Waals surface area (Å²) in [5.74, 6) is 0.288. The first-order chi connectivity index (χ1) is 15.6. The van der Waals surface area contributed by atoms with E-state index in [0.717, 1.165) is 11.1 Å². The van der Waals surface area contributed by atoms with Crippen molar-refractivity contribution in [1.82, 2.24) is 10.3 Å². The number of rotatable bonds is 8. The Morgan fingerprint density at radius 3 is 2.78 bits per heavy atom. The Kier molecular flexibility index (Phi) is 6.99. The monoisotopic (exact) mass is 441 g/mol. The highest BCUT2D eigenvalue weighted by molar-refractivity contribution is 5.92. The first kappa shape index (κ1) is 22.2. The van der Waals surface area contributed by atoms with Crippen LogP contribution in [0, 0.1) is 0 Å².